The van der Waals surface area contributed by atoms with Gasteiger partial charge in [-0.3, -0.25) is 14.5 Å². The number of nitrogens with zero attached hydrogens (tertiary/aromatic N) is 2. The summed E-state index contributed by atoms with van der Waals surface area (Å²) in [6.45, 7) is 11.3. The van der Waals surface area contributed by atoms with E-state index in [9.17, 15) is 9.59 Å². The van der Waals surface area contributed by atoms with Crippen molar-refractivity contribution in [1.82, 2.24) is 9.80 Å². The molecule has 132 valence electrons. The van der Waals surface area contributed by atoms with Gasteiger partial charge in [-0.1, -0.05) is 32.0 Å². The van der Waals surface area contributed by atoms with E-state index in [-0.39, 0.29) is 17.7 Å². The molecule has 0 aromatic heterocycles. The Morgan fingerprint density at radius 1 is 1.12 bits per heavy atom. The summed E-state index contributed by atoms with van der Waals surface area (Å²) in [7, 11) is 0. The Kier molecular flexibility index (Phi) is 6.37. The third-order valence-electron chi connectivity index (χ3n) is 4.83. The molecule has 0 radical (unpaired) electrons. The average molecular weight is 331 g/mol. The molecular formula is C19H29N3O2. The van der Waals surface area contributed by atoms with Gasteiger partial charge in [0.2, 0.25) is 11.8 Å². The molecule has 0 aliphatic carbocycles. The molecular weight excluding hydrogens is 302 g/mol. The van der Waals surface area contributed by atoms with Crippen LogP contribution in [0.25, 0.3) is 0 Å². The van der Waals surface area contributed by atoms with Crippen molar-refractivity contribution in [2.45, 2.75) is 34.1 Å². The second-order valence-electron chi connectivity index (χ2n) is 6.73. The van der Waals surface area contributed by atoms with Crippen molar-refractivity contribution in [2.24, 2.45) is 5.92 Å². The number of aryl methyl sites for hydroxylation is 2. The van der Waals surface area contributed by atoms with Crippen LogP contribution in [0.1, 0.15) is 31.4 Å². The molecule has 1 atom stereocenters. The zero-order chi connectivity index (χ0) is 17.7. The highest BCUT2D eigenvalue weighted by molar-refractivity contribution is 5.93. The van der Waals surface area contributed by atoms with E-state index in [0.717, 1.165) is 36.3 Å². The summed E-state index contributed by atoms with van der Waals surface area (Å²) in [6, 6.07) is 6.00. The first-order chi connectivity index (χ1) is 11.4. The van der Waals surface area contributed by atoms with Gasteiger partial charge < -0.3 is 10.2 Å². The van der Waals surface area contributed by atoms with Gasteiger partial charge in [-0.25, -0.2) is 0 Å². The lowest BCUT2D eigenvalue weighted by Crippen LogP contribution is -2.51. The highest BCUT2D eigenvalue weighted by Crippen LogP contribution is 2.19. The van der Waals surface area contributed by atoms with Crippen LogP contribution in [0.15, 0.2) is 18.2 Å². The molecule has 0 unspecified atom stereocenters. The van der Waals surface area contributed by atoms with Gasteiger partial charge >= 0.3 is 0 Å². The molecule has 0 spiro atoms. The number of anilines is 1. The molecule has 24 heavy (non-hydrogen) atoms. The van der Waals surface area contributed by atoms with Crippen LogP contribution in [-0.4, -0.2) is 54.3 Å². The largest absolute Gasteiger partial charge is 0.340 e. The fraction of sp³-hybridized carbons (Fsp3) is 0.579. The highest BCUT2D eigenvalue weighted by atomic mass is 16.2. The third kappa shape index (κ3) is 4.57. The predicted molar refractivity (Wildman–Crippen MR) is 97.0 cm³/mol. The number of para-hydroxylation sites is 1. The first kappa shape index (κ1) is 18.5. The number of carbonyl (C=O) groups is 2. The molecule has 2 amide bonds. The normalized spacial score (nSPS) is 16.8. The second kappa shape index (κ2) is 8.29. The van der Waals surface area contributed by atoms with Gasteiger partial charge in [0.15, 0.2) is 0 Å². The first-order valence-corrected chi connectivity index (χ1v) is 8.79. The van der Waals surface area contributed by atoms with Gasteiger partial charge in [0.1, 0.15) is 0 Å². The molecule has 1 N–H and O–H groups in total. The van der Waals surface area contributed by atoms with Crippen molar-refractivity contribution in [3.8, 4) is 0 Å². The summed E-state index contributed by atoms with van der Waals surface area (Å²) in [4.78, 5) is 28.6. The van der Waals surface area contributed by atoms with Crippen LogP contribution >= 0.6 is 0 Å². The Balaban J connectivity index is 1.83. The molecule has 0 bridgehead atoms. The van der Waals surface area contributed by atoms with E-state index in [1.54, 1.807) is 0 Å². The first-order valence-electron chi connectivity index (χ1n) is 8.79. The summed E-state index contributed by atoms with van der Waals surface area (Å²) >= 11 is 0. The lowest BCUT2D eigenvalue weighted by atomic mass is 10.1. The monoisotopic (exact) mass is 331 g/mol. The minimum atomic E-state index is 0.00843. The number of rotatable bonds is 5. The topological polar surface area (TPSA) is 52.7 Å². The Bertz CT molecular complexity index is 572. The Morgan fingerprint density at radius 2 is 1.71 bits per heavy atom. The van der Waals surface area contributed by atoms with Gasteiger partial charge in [0, 0.05) is 37.8 Å². The Morgan fingerprint density at radius 3 is 2.25 bits per heavy atom. The highest BCUT2D eigenvalue weighted by Gasteiger charge is 2.24. The van der Waals surface area contributed by atoms with Gasteiger partial charge in [-0.05, 0) is 31.4 Å². The minimum absolute atomic E-state index is 0.00843. The maximum atomic E-state index is 12.3. The van der Waals surface area contributed by atoms with Crippen LogP contribution in [-0.2, 0) is 9.59 Å². The van der Waals surface area contributed by atoms with Crippen molar-refractivity contribution >= 4 is 17.5 Å². The van der Waals surface area contributed by atoms with E-state index in [1.807, 2.05) is 50.8 Å². The summed E-state index contributed by atoms with van der Waals surface area (Å²) in [6.07, 6.45) is 0.872. The van der Waals surface area contributed by atoms with E-state index < -0.39 is 0 Å². The molecule has 1 fully saturated rings. The van der Waals surface area contributed by atoms with Crippen LogP contribution in [0.4, 0.5) is 5.69 Å². The molecule has 1 heterocycles. The quantitative estimate of drug-likeness (QED) is 0.901. The summed E-state index contributed by atoms with van der Waals surface area (Å²) < 4.78 is 0. The number of hydrogen-bond donors (Lipinski definition) is 1. The maximum absolute atomic E-state index is 12.3. The smallest absolute Gasteiger partial charge is 0.238 e. The molecule has 1 aliphatic rings. The molecule has 1 aromatic rings. The second-order valence-corrected chi connectivity index (χ2v) is 6.73. The van der Waals surface area contributed by atoms with Gasteiger partial charge in [0.25, 0.3) is 0 Å². The summed E-state index contributed by atoms with van der Waals surface area (Å²) in [5, 5.41) is 3.03. The summed E-state index contributed by atoms with van der Waals surface area (Å²) in [5.74, 6) is 0.329. The fourth-order valence-corrected chi connectivity index (χ4v) is 3.01. The zero-order valence-corrected chi connectivity index (χ0v) is 15.3. The molecule has 0 saturated carbocycles. The van der Waals surface area contributed by atoms with Crippen molar-refractivity contribution in [2.75, 3.05) is 38.0 Å². The maximum Gasteiger partial charge on any atom is 0.238 e. The molecule has 1 aliphatic heterocycles. The van der Waals surface area contributed by atoms with E-state index >= 15 is 0 Å². The van der Waals surface area contributed by atoms with Crippen molar-refractivity contribution in [1.29, 1.82) is 0 Å². The van der Waals surface area contributed by atoms with Crippen molar-refractivity contribution in [3.05, 3.63) is 29.3 Å². The molecule has 5 heteroatoms. The number of piperazine rings is 1. The molecule has 1 aromatic carbocycles. The van der Waals surface area contributed by atoms with Crippen LogP contribution in [0.5, 0.6) is 0 Å². The average Bonchev–Trinajstić information content (AvgIpc) is 2.57. The van der Waals surface area contributed by atoms with E-state index in [4.69, 9.17) is 0 Å². The van der Waals surface area contributed by atoms with E-state index in [2.05, 4.69) is 10.2 Å². The van der Waals surface area contributed by atoms with E-state index in [0.29, 0.717) is 19.6 Å². The fourth-order valence-electron chi connectivity index (χ4n) is 3.01. The van der Waals surface area contributed by atoms with Crippen LogP contribution in [0.3, 0.4) is 0 Å². The van der Waals surface area contributed by atoms with Gasteiger partial charge in [0.05, 0.1) is 6.54 Å². The standard InChI is InChI=1S/C19H29N3O2/c1-5-14(2)19(24)22-11-9-21(10-12-22)13-17(23)20-18-15(3)7-6-8-16(18)4/h6-8,14H,5,9-13H2,1-4H3,(H,20,23)/t14-/m1/s1. The number of carbonyl (C=O) groups excluding carboxylic acids is 2. The number of nitrogens with one attached hydrogen (secondary N) is 1. The molecule has 5 nitrogen and oxygen atoms in total. The van der Waals surface area contributed by atoms with Gasteiger partial charge in [-0.2, -0.15) is 0 Å². The Labute approximate surface area is 145 Å². The van der Waals surface area contributed by atoms with Crippen LogP contribution in [0.2, 0.25) is 0 Å². The zero-order valence-electron chi connectivity index (χ0n) is 15.3. The predicted octanol–water partition coefficient (Wildman–Crippen LogP) is 2.43. The molecule has 2 rings (SSSR count). The van der Waals surface area contributed by atoms with Crippen molar-refractivity contribution in [3.63, 3.8) is 0 Å². The Hall–Kier alpha value is -1.88. The number of amides is 2. The SMILES string of the molecule is CC[C@@H](C)C(=O)N1CCN(CC(=O)Nc2c(C)cccc2C)CC1. The lowest BCUT2D eigenvalue weighted by molar-refractivity contribution is -0.137. The molecule has 1 saturated heterocycles. The summed E-state index contributed by atoms with van der Waals surface area (Å²) in [5.41, 5.74) is 3.06. The van der Waals surface area contributed by atoms with Gasteiger partial charge in [-0.15, -0.1) is 0 Å². The van der Waals surface area contributed by atoms with Crippen molar-refractivity contribution < 1.29 is 9.59 Å². The van der Waals surface area contributed by atoms with Crippen LogP contribution < -0.4 is 5.32 Å². The number of benzene rings is 1. The van der Waals surface area contributed by atoms with Crippen LogP contribution in [0, 0.1) is 19.8 Å². The van der Waals surface area contributed by atoms with E-state index in [1.165, 1.54) is 0 Å². The lowest BCUT2D eigenvalue weighted by Gasteiger charge is -2.35. The third-order valence-corrected chi connectivity index (χ3v) is 4.83. The number of hydrogen-bond acceptors (Lipinski definition) is 3. The minimum Gasteiger partial charge on any atom is -0.340 e.